The van der Waals surface area contributed by atoms with Crippen molar-refractivity contribution < 1.29 is 24.3 Å². The molecule has 0 radical (unpaired) electrons. The van der Waals surface area contributed by atoms with Crippen molar-refractivity contribution in [3.63, 3.8) is 0 Å². The van der Waals surface area contributed by atoms with Gasteiger partial charge in [-0.3, -0.25) is 19.2 Å². The highest BCUT2D eigenvalue weighted by Crippen LogP contribution is 2.22. The Kier molecular flexibility index (Phi) is 15.5. The van der Waals surface area contributed by atoms with Gasteiger partial charge in [0.05, 0.1) is 0 Å². The number of amides is 4. The van der Waals surface area contributed by atoms with Crippen molar-refractivity contribution in [3.05, 3.63) is 64.7 Å². The van der Waals surface area contributed by atoms with Gasteiger partial charge in [0.25, 0.3) is 0 Å². The first-order valence-electron chi connectivity index (χ1n) is 15.4. The van der Waals surface area contributed by atoms with Crippen molar-refractivity contribution in [2.75, 3.05) is 13.1 Å². The summed E-state index contributed by atoms with van der Waals surface area (Å²) in [7, 11) is 0. The van der Waals surface area contributed by atoms with E-state index < -0.39 is 47.8 Å². The average Bonchev–Trinajstić information content (AvgIpc) is 2.99. The van der Waals surface area contributed by atoms with E-state index in [1.165, 1.54) is 0 Å². The summed E-state index contributed by atoms with van der Waals surface area (Å²) in [5.74, 6) is -2.80. The third-order valence-corrected chi connectivity index (χ3v) is 7.53. The number of aromatic hydroxyl groups is 1. The second-order valence-corrected chi connectivity index (χ2v) is 11.3. The van der Waals surface area contributed by atoms with Crippen LogP contribution >= 0.6 is 0 Å². The summed E-state index contributed by atoms with van der Waals surface area (Å²) in [6.07, 6.45) is 2.22. The first-order chi connectivity index (χ1) is 21.9. The van der Waals surface area contributed by atoms with Crippen molar-refractivity contribution in [1.29, 1.82) is 0 Å². The molecule has 0 heterocycles. The Labute approximate surface area is 269 Å². The number of nitrogens with two attached hydrogens (primary N) is 5. The van der Waals surface area contributed by atoms with Gasteiger partial charge in [-0.1, -0.05) is 30.3 Å². The molecule has 14 N–H and O–H groups in total. The lowest BCUT2D eigenvalue weighted by atomic mass is 9.95. The molecule has 2 aromatic rings. The molecule has 46 heavy (non-hydrogen) atoms. The summed E-state index contributed by atoms with van der Waals surface area (Å²) in [6.45, 7) is 4.24. The topological polar surface area (TPSA) is 267 Å². The predicted octanol–water partition coefficient (Wildman–Crippen LogP) is -0.756. The zero-order valence-electron chi connectivity index (χ0n) is 26.6. The number of phenolic OH excluding ortho intramolecular Hbond substituents is 1. The highest BCUT2D eigenvalue weighted by molar-refractivity contribution is 5.95. The van der Waals surface area contributed by atoms with Crippen LogP contribution in [0.25, 0.3) is 0 Å². The third kappa shape index (κ3) is 12.4. The van der Waals surface area contributed by atoms with Gasteiger partial charge in [-0.25, -0.2) is 4.99 Å². The van der Waals surface area contributed by atoms with Gasteiger partial charge in [-0.05, 0) is 93.4 Å². The molecule has 0 aliphatic heterocycles. The maximum atomic E-state index is 13.9. The normalized spacial score (nSPS) is 13.5. The SMILES string of the molecule is Cc1cc(O)cc(C)c1C[C@H](NC(=O)[C@@H](CCCN)N=C(N)N)C(=O)N[C@@H](CCCCN)C(=O)N[C@@H](Cc1ccccc1)C(N)=O. The molecule has 0 aromatic heterocycles. The Morgan fingerprint density at radius 2 is 1.30 bits per heavy atom. The molecule has 0 unspecified atom stereocenters. The van der Waals surface area contributed by atoms with Crippen molar-refractivity contribution in [2.45, 2.75) is 83.0 Å². The van der Waals surface area contributed by atoms with Crippen LogP contribution < -0.4 is 44.6 Å². The van der Waals surface area contributed by atoms with Crippen LogP contribution in [0.15, 0.2) is 47.5 Å². The van der Waals surface area contributed by atoms with Crippen LogP contribution in [0, 0.1) is 13.8 Å². The molecule has 0 aliphatic carbocycles. The lowest BCUT2D eigenvalue weighted by molar-refractivity contribution is -0.133. The van der Waals surface area contributed by atoms with Gasteiger partial charge in [-0.2, -0.15) is 0 Å². The van der Waals surface area contributed by atoms with Crippen molar-refractivity contribution in [1.82, 2.24) is 16.0 Å². The summed E-state index contributed by atoms with van der Waals surface area (Å²) in [5.41, 5.74) is 31.0. The fourth-order valence-electron chi connectivity index (χ4n) is 5.10. The number of guanidine groups is 1. The maximum Gasteiger partial charge on any atom is 0.245 e. The molecular formula is C32H49N9O5. The molecule has 252 valence electrons. The monoisotopic (exact) mass is 639 g/mol. The minimum absolute atomic E-state index is 0.0377. The summed E-state index contributed by atoms with van der Waals surface area (Å²) in [5, 5.41) is 18.3. The number of phenols is 1. The smallest absolute Gasteiger partial charge is 0.245 e. The van der Waals surface area contributed by atoms with Gasteiger partial charge in [0, 0.05) is 12.8 Å². The number of nitrogens with one attached hydrogen (secondary N) is 3. The number of nitrogens with zero attached hydrogens (tertiary/aromatic N) is 1. The van der Waals surface area contributed by atoms with E-state index in [0.717, 1.165) is 11.1 Å². The number of hydrogen-bond donors (Lipinski definition) is 9. The quantitative estimate of drug-likeness (QED) is 0.0530. The highest BCUT2D eigenvalue weighted by Gasteiger charge is 2.31. The molecule has 0 aliphatic rings. The summed E-state index contributed by atoms with van der Waals surface area (Å²) in [4.78, 5) is 57.2. The minimum atomic E-state index is -1.16. The van der Waals surface area contributed by atoms with Gasteiger partial charge in [0.1, 0.15) is 29.9 Å². The number of carbonyl (C=O) groups excluding carboxylic acids is 4. The number of primary amides is 1. The van der Waals surface area contributed by atoms with E-state index in [9.17, 15) is 24.3 Å². The standard InChI is InChI=1S/C32H49N9O5/c1-19-15-22(42)16-20(2)23(19)18-27(40-30(45)25(12-8-14-34)41-32(36)37)31(46)38-24(11-6-7-13-33)29(44)39-26(28(35)43)17-21-9-4-3-5-10-21/h3-5,9-10,15-16,24-27,42H,6-8,11-14,17-18,33-34H2,1-2H3,(H2,35,43)(H,38,46)(H,39,44)(H,40,45)(H4,36,37,41)/t24-,25+,26-,27-/m0/s1. The highest BCUT2D eigenvalue weighted by atomic mass is 16.3. The second kappa shape index (κ2) is 19.0. The molecule has 14 nitrogen and oxygen atoms in total. The van der Waals surface area contributed by atoms with E-state index in [4.69, 9.17) is 28.7 Å². The van der Waals surface area contributed by atoms with Gasteiger partial charge < -0.3 is 49.7 Å². The average molecular weight is 640 g/mol. The van der Waals surface area contributed by atoms with E-state index in [2.05, 4.69) is 20.9 Å². The van der Waals surface area contributed by atoms with E-state index in [0.29, 0.717) is 43.5 Å². The number of aliphatic imine (C=N–C) groups is 1. The number of rotatable bonds is 19. The van der Waals surface area contributed by atoms with Gasteiger partial charge in [0.2, 0.25) is 23.6 Å². The van der Waals surface area contributed by atoms with Crippen LogP contribution in [-0.4, -0.2) is 72.0 Å². The van der Waals surface area contributed by atoms with Crippen LogP contribution in [0.2, 0.25) is 0 Å². The number of unbranched alkanes of at least 4 members (excludes halogenated alkanes) is 1. The molecule has 2 rings (SSSR count). The predicted molar refractivity (Wildman–Crippen MR) is 177 cm³/mol. The fourth-order valence-corrected chi connectivity index (χ4v) is 5.10. The molecule has 14 heteroatoms. The molecule has 0 spiro atoms. The third-order valence-electron chi connectivity index (χ3n) is 7.53. The summed E-state index contributed by atoms with van der Waals surface area (Å²) in [6, 6.07) is 7.94. The second-order valence-electron chi connectivity index (χ2n) is 11.3. The largest absolute Gasteiger partial charge is 0.508 e. The van der Waals surface area contributed by atoms with Crippen molar-refractivity contribution in [2.24, 2.45) is 33.7 Å². The molecule has 0 fully saturated rings. The van der Waals surface area contributed by atoms with Gasteiger partial charge in [0.15, 0.2) is 5.96 Å². The van der Waals surface area contributed by atoms with Gasteiger partial charge in [-0.15, -0.1) is 0 Å². The Balaban J connectivity index is 2.39. The van der Waals surface area contributed by atoms with E-state index >= 15 is 0 Å². The van der Waals surface area contributed by atoms with E-state index in [1.807, 2.05) is 30.3 Å². The summed E-state index contributed by atoms with van der Waals surface area (Å²) < 4.78 is 0. The zero-order chi connectivity index (χ0) is 34.2. The molecule has 4 atom stereocenters. The number of hydrogen-bond acceptors (Lipinski definition) is 8. The molecule has 4 amide bonds. The maximum absolute atomic E-state index is 13.9. The van der Waals surface area contributed by atoms with Crippen LogP contribution in [0.4, 0.5) is 0 Å². The fraction of sp³-hybridized carbons (Fsp3) is 0.469. The van der Waals surface area contributed by atoms with Crippen molar-refractivity contribution in [3.8, 4) is 5.75 Å². The van der Waals surface area contributed by atoms with Gasteiger partial charge >= 0.3 is 0 Å². The molecular weight excluding hydrogens is 590 g/mol. The zero-order valence-corrected chi connectivity index (χ0v) is 26.6. The molecule has 0 bridgehead atoms. The van der Waals surface area contributed by atoms with Crippen LogP contribution in [0.5, 0.6) is 5.75 Å². The van der Waals surface area contributed by atoms with E-state index in [-0.39, 0.29) is 37.4 Å². The Hall–Kier alpha value is -4.69. The van der Waals surface area contributed by atoms with Crippen LogP contribution in [0.3, 0.4) is 0 Å². The van der Waals surface area contributed by atoms with Crippen LogP contribution in [0.1, 0.15) is 54.4 Å². The lowest BCUT2D eigenvalue weighted by Crippen LogP contribution is -2.57. The first kappa shape index (κ1) is 37.5. The number of aryl methyl sites for hydroxylation is 2. The Morgan fingerprint density at radius 1 is 0.739 bits per heavy atom. The lowest BCUT2D eigenvalue weighted by Gasteiger charge is -2.26. The van der Waals surface area contributed by atoms with Crippen LogP contribution in [-0.2, 0) is 32.0 Å². The Morgan fingerprint density at radius 3 is 1.87 bits per heavy atom. The van der Waals surface area contributed by atoms with E-state index in [1.54, 1.807) is 26.0 Å². The summed E-state index contributed by atoms with van der Waals surface area (Å²) >= 11 is 0. The first-order valence-corrected chi connectivity index (χ1v) is 15.4. The Bertz CT molecular complexity index is 1330. The minimum Gasteiger partial charge on any atom is -0.508 e. The number of carbonyl (C=O) groups is 4. The molecule has 0 saturated heterocycles. The molecule has 0 saturated carbocycles. The number of benzene rings is 2. The van der Waals surface area contributed by atoms with Crippen molar-refractivity contribution >= 4 is 29.6 Å². The molecule has 2 aromatic carbocycles.